The van der Waals surface area contributed by atoms with E-state index in [-0.39, 0.29) is 6.04 Å². The van der Waals surface area contributed by atoms with E-state index in [1.54, 1.807) is 6.20 Å². The molecule has 0 amide bonds. The molecule has 2 aromatic rings. The van der Waals surface area contributed by atoms with Crippen LogP contribution in [0.3, 0.4) is 0 Å². The maximum absolute atomic E-state index is 11.1. The molecule has 1 unspecified atom stereocenters. The van der Waals surface area contributed by atoms with Crippen molar-refractivity contribution in [2.24, 2.45) is 0 Å². The standard InChI is InChI=1S/C16H17ClN2O2/c17-13-5-3-4-12(8-13)15-9-18-16(21-15)10-19-7-2-1-6-14(19)11-20/h3-5,8-9,11,14H,1-2,6-7,10H2. The zero-order valence-electron chi connectivity index (χ0n) is 11.7. The molecule has 110 valence electrons. The average Bonchev–Trinajstić information content (AvgIpc) is 2.96. The molecule has 3 rings (SSSR count). The minimum Gasteiger partial charge on any atom is -0.439 e. The highest BCUT2D eigenvalue weighted by Gasteiger charge is 2.23. The lowest BCUT2D eigenvalue weighted by atomic mass is 10.0. The van der Waals surface area contributed by atoms with Crippen LogP contribution in [0.2, 0.25) is 5.02 Å². The predicted molar refractivity (Wildman–Crippen MR) is 81.1 cm³/mol. The summed E-state index contributed by atoms with van der Waals surface area (Å²) in [5.74, 6) is 1.34. The van der Waals surface area contributed by atoms with Crippen LogP contribution in [-0.4, -0.2) is 28.8 Å². The Labute approximate surface area is 128 Å². The first-order chi connectivity index (χ1) is 10.3. The van der Waals surface area contributed by atoms with Crippen LogP contribution in [-0.2, 0) is 11.3 Å². The summed E-state index contributed by atoms with van der Waals surface area (Å²) in [7, 11) is 0. The molecule has 0 spiro atoms. The Bertz CT molecular complexity index is 626. The summed E-state index contributed by atoms with van der Waals surface area (Å²) in [5.41, 5.74) is 0.909. The van der Waals surface area contributed by atoms with Gasteiger partial charge in [-0.25, -0.2) is 4.98 Å². The van der Waals surface area contributed by atoms with E-state index in [1.165, 1.54) is 0 Å². The quantitative estimate of drug-likeness (QED) is 0.810. The first-order valence-electron chi connectivity index (χ1n) is 7.16. The van der Waals surface area contributed by atoms with Crippen molar-refractivity contribution in [1.29, 1.82) is 0 Å². The molecule has 21 heavy (non-hydrogen) atoms. The van der Waals surface area contributed by atoms with Gasteiger partial charge in [-0.15, -0.1) is 0 Å². The molecule has 1 aromatic carbocycles. The molecule has 0 N–H and O–H groups in total. The van der Waals surface area contributed by atoms with Gasteiger partial charge in [-0.05, 0) is 31.5 Å². The lowest BCUT2D eigenvalue weighted by Crippen LogP contribution is -2.39. The van der Waals surface area contributed by atoms with Crippen LogP contribution in [0.4, 0.5) is 0 Å². The number of aldehydes is 1. The second-order valence-corrected chi connectivity index (χ2v) is 5.73. The predicted octanol–water partition coefficient (Wildman–Crippen LogP) is 3.55. The number of aromatic nitrogens is 1. The second-order valence-electron chi connectivity index (χ2n) is 5.30. The van der Waals surface area contributed by atoms with E-state index < -0.39 is 0 Å². The van der Waals surface area contributed by atoms with E-state index in [4.69, 9.17) is 16.0 Å². The molecule has 1 aliphatic heterocycles. The first-order valence-corrected chi connectivity index (χ1v) is 7.54. The van der Waals surface area contributed by atoms with E-state index in [0.29, 0.717) is 23.2 Å². The summed E-state index contributed by atoms with van der Waals surface area (Å²) in [5, 5.41) is 0.669. The van der Waals surface area contributed by atoms with E-state index in [1.807, 2.05) is 24.3 Å². The number of nitrogens with zero attached hydrogens (tertiary/aromatic N) is 2. The lowest BCUT2D eigenvalue weighted by molar-refractivity contribution is -0.113. The highest BCUT2D eigenvalue weighted by Crippen LogP contribution is 2.25. The average molecular weight is 305 g/mol. The highest BCUT2D eigenvalue weighted by atomic mass is 35.5. The summed E-state index contributed by atoms with van der Waals surface area (Å²) in [6, 6.07) is 7.48. The fourth-order valence-corrected chi connectivity index (χ4v) is 2.89. The number of benzene rings is 1. The Morgan fingerprint density at radius 3 is 3.14 bits per heavy atom. The van der Waals surface area contributed by atoms with Crippen LogP contribution in [0.25, 0.3) is 11.3 Å². The number of carbonyl (C=O) groups excluding carboxylic acids is 1. The minimum atomic E-state index is -0.0136. The SMILES string of the molecule is O=CC1CCCCN1Cc1ncc(-c2cccc(Cl)c2)o1. The highest BCUT2D eigenvalue weighted by molar-refractivity contribution is 6.30. The topological polar surface area (TPSA) is 46.3 Å². The Balaban J connectivity index is 1.74. The third-order valence-electron chi connectivity index (χ3n) is 3.82. The number of oxazole rings is 1. The van der Waals surface area contributed by atoms with Crippen LogP contribution in [0.15, 0.2) is 34.9 Å². The second kappa shape index (κ2) is 6.41. The molecule has 4 nitrogen and oxygen atoms in total. The van der Waals surface area contributed by atoms with E-state index in [2.05, 4.69) is 9.88 Å². The van der Waals surface area contributed by atoms with Gasteiger partial charge < -0.3 is 9.21 Å². The molecule has 1 saturated heterocycles. The van der Waals surface area contributed by atoms with Crippen molar-refractivity contribution in [3.8, 4) is 11.3 Å². The van der Waals surface area contributed by atoms with Gasteiger partial charge in [0.2, 0.25) is 5.89 Å². The van der Waals surface area contributed by atoms with Crippen molar-refractivity contribution in [1.82, 2.24) is 9.88 Å². The zero-order valence-corrected chi connectivity index (χ0v) is 12.4. The van der Waals surface area contributed by atoms with Crippen LogP contribution < -0.4 is 0 Å². The molecule has 5 heteroatoms. The fourth-order valence-electron chi connectivity index (χ4n) is 2.70. The lowest BCUT2D eigenvalue weighted by Gasteiger charge is -2.30. The Morgan fingerprint density at radius 2 is 2.33 bits per heavy atom. The maximum Gasteiger partial charge on any atom is 0.209 e. The van der Waals surface area contributed by atoms with Gasteiger partial charge in [0.05, 0.1) is 18.8 Å². The third-order valence-corrected chi connectivity index (χ3v) is 4.06. The van der Waals surface area contributed by atoms with Gasteiger partial charge >= 0.3 is 0 Å². The van der Waals surface area contributed by atoms with Gasteiger partial charge in [0, 0.05) is 10.6 Å². The summed E-state index contributed by atoms with van der Waals surface area (Å²) < 4.78 is 5.79. The van der Waals surface area contributed by atoms with Crippen LogP contribution in [0.5, 0.6) is 0 Å². The molecule has 0 bridgehead atoms. The molecule has 0 saturated carbocycles. The largest absolute Gasteiger partial charge is 0.439 e. The molecule has 1 aliphatic rings. The van der Waals surface area contributed by atoms with E-state index in [9.17, 15) is 4.79 Å². The number of halogens is 1. The summed E-state index contributed by atoms with van der Waals surface area (Å²) in [6.45, 7) is 1.49. The zero-order chi connectivity index (χ0) is 14.7. The third kappa shape index (κ3) is 3.34. The van der Waals surface area contributed by atoms with Crippen LogP contribution in [0.1, 0.15) is 25.2 Å². The van der Waals surface area contributed by atoms with Gasteiger partial charge in [-0.2, -0.15) is 0 Å². The van der Waals surface area contributed by atoms with E-state index >= 15 is 0 Å². The Hall–Kier alpha value is -1.65. The summed E-state index contributed by atoms with van der Waals surface area (Å²) in [4.78, 5) is 17.6. The van der Waals surface area contributed by atoms with Crippen molar-refractivity contribution in [2.45, 2.75) is 31.8 Å². The molecule has 0 aliphatic carbocycles. The smallest absolute Gasteiger partial charge is 0.209 e. The van der Waals surface area contributed by atoms with Gasteiger partial charge in [0.25, 0.3) is 0 Å². The molecular formula is C16H17ClN2O2. The molecule has 1 aromatic heterocycles. The van der Waals surface area contributed by atoms with Crippen molar-refractivity contribution >= 4 is 17.9 Å². The Morgan fingerprint density at radius 1 is 1.43 bits per heavy atom. The van der Waals surface area contributed by atoms with Crippen molar-refractivity contribution < 1.29 is 9.21 Å². The molecule has 1 fully saturated rings. The number of likely N-dealkylation sites (tertiary alicyclic amines) is 1. The number of piperidine rings is 1. The van der Waals surface area contributed by atoms with Crippen molar-refractivity contribution in [3.63, 3.8) is 0 Å². The molecule has 1 atom stereocenters. The van der Waals surface area contributed by atoms with Gasteiger partial charge in [-0.3, -0.25) is 4.90 Å². The number of rotatable bonds is 4. The Kier molecular flexibility index (Phi) is 4.36. The molecule has 2 heterocycles. The molecular weight excluding hydrogens is 288 g/mol. The van der Waals surface area contributed by atoms with Crippen LogP contribution in [0, 0.1) is 0 Å². The van der Waals surface area contributed by atoms with Gasteiger partial charge in [-0.1, -0.05) is 30.2 Å². The van der Waals surface area contributed by atoms with Crippen molar-refractivity contribution in [2.75, 3.05) is 6.54 Å². The minimum absolute atomic E-state index is 0.0136. The van der Waals surface area contributed by atoms with Gasteiger partial charge in [0.1, 0.15) is 6.29 Å². The number of carbonyl (C=O) groups is 1. The van der Waals surface area contributed by atoms with Gasteiger partial charge in [0.15, 0.2) is 5.76 Å². The van der Waals surface area contributed by atoms with Crippen LogP contribution >= 0.6 is 11.6 Å². The normalized spacial score (nSPS) is 19.6. The van der Waals surface area contributed by atoms with Crippen molar-refractivity contribution in [3.05, 3.63) is 41.4 Å². The first kappa shape index (κ1) is 14.3. The van der Waals surface area contributed by atoms with E-state index in [0.717, 1.165) is 37.7 Å². The maximum atomic E-state index is 11.1. The summed E-state index contributed by atoms with van der Waals surface area (Å²) in [6.07, 6.45) is 5.89. The number of hydrogen-bond acceptors (Lipinski definition) is 4. The molecule has 0 radical (unpaired) electrons. The monoisotopic (exact) mass is 304 g/mol. The number of hydrogen-bond donors (Lipinski definition) is 0. The summed E-state index contributed by atoms with van der Waals surface area (Å²) >= 11 is 5.99. The fraction of sp³-hybridized carbons (Fsp3) is 0.375.